The highest BCUT2D eigenvalue weighted by Crippen LogP contribution is 2.32. The monoisotopic (exact) mass is 320 g/mol. The predicted molar refractivity (Wildman–Crippen MR) is 88.6 cm³/mol. The number of hydrogen-bond acceptors (Lipinski definition) is 3. The average Bonchev–Trinajstić information content (AvgIpc) is 3.26. The van der Waals surface area contributed by atoms with Crippen LogP contribution in [0, 0.1) is 12.8 Å². The van der Waals surface area contributed by atoms with Gasteiger partial charge in [0.2, 0.25) is 0 Å². The van der Waals surface area contributed by atoms with Gasteiger partial charge in [-0.25, -0.2) is 4.68 Å². The smallest absolute Gasteiger partial charge is 0.251 e. The van der Waals surface area contributed by atoms with Crippen molar-refractivity contribution in [3.05, 3.63) is 47.8 Å². The van der Waals surface area contributed by atoms with E-state index in [9.17, 15) is 4.79 Å². The highest BCUT2D eigenvalue weighted by atomic mass is 35.5. The van der Waals surface area contributed by atoms with Gasteiger partial charge in [0.15, 0.2) is 0 Å². The van der Waals surface area contributed by atoms with Crippen LogP contribution in [0.5, 0.6) is 0 Å². The summed E-state index contributed by atoms with van der Waals surface area (Å²) in [5, 5.41) is 7.28. The Morgan fingerprint density at radius 2 is 2.09 bits per heavy atom. The minimum absolute atomic E-state index is 0. The van der Waals surface area contributed by atoms with Crippen molar-refractivity contribution in [3.8, 4) is 5.69 Å². The second-order valence-corrected chi connectivity index (χ2v) is 5.66. The zero-order valence-corrected chi connectivity index (χ0v) is 13.3. The summed E-state index contributed by atoms with van der Waals surface area (Å²) in [4.78, 5) is 12.2. The van der Waals surface area contributed by atoms with Crippen LogP contribution in [0.1, 0.15) is 28.8 Å². The van der Waals surface area contributed by atoms with Crippen molar-refractivity contribution in [1.29, 1.82) is 0 Å². The van der Waals surface area contributed by atoms with Crippen LogP contribution in [0.2, 0.25) is 0 Å². The number of rotatable bonds is 5. The fourth-order valence-electron chi connectivity index (χ4n) is 2.44. The van der Waals surface area contributed by atoms with Crippen LogP contribution < -0.4 is 11.1 Å². The number of carbonyl (C=O) groups is 1. The molecule has 1 aliphatic rings. The van der Waals surface area contributed by atoms with Gasteiger partial charge in [-0.1, -0.05) is 0 Å². The van der Waals surface area contributed by atoms with E-state index in [4.69, 9.17) is 5.73 Å². The predicted octanol–water partition coefficient (Wildman–Crippen LogP) is 2.07. The summed E-state index contributed by atoms with van der Waals surface area (Å²) in [6, 6.07) is 7.54. The van der Waals surface area contributed by atoms with Crippen LogP contribution in [0.15, 0.2) is 36.7 Å². The van der Waals surface area contributed by atoms with Gasteiger partial charge in [0.1, 0.15) is 0 Å². The molecule has 0 saturated heterocycles. The van der Waals surface area contributed by atoms with E-state index >= 15 is 0 Å². The summed E-state index contributed by atoms with van der Waals surface area (Å²) in [5.41, 5.74) is 8.42. The van der Waals surface area contributed by atoms with Crippen molar-refractivity contribution < 1.29 is 4.79 Å². The third-order valence-corrected chi connectivity index (χ3v) is 3.87. The number of amides is 1. The Morgan fingerprint density at radius 1 is 1.41 bits per heavy atom. The van der Waals surface area contributed by atoms with Crippen molar-refractivity contribution >= 4 is 18.3 Å². The summed E-state index contributed by atoms with van der Waals surface area (Å²) in [5.74, 6) is 0.505. The van der Waals surface area contributed by atoms with Crippen LogP contribution in [-0.2, 0) is 0 Å². The Morgan fingerprint density at radius 3 is 2.59 bits per heavy atom. The van der Waals surface area contributed by atoms with Gasteiger partial charge < -0.3 is 11.1 Å². The molecule has 5 nitrogen and oxygen atoms in total. The molecule has 0 radical (unpaired) electrons. The molecule has 0 aliphatic heterocycles. The molecule has 1 amide bonds. The average molecular weight is 321 g/mol. The number of halogens is 1. The molecule has 1 aromatic carbocycles. The normalized spacial score (nSPS) is 15.0. The van der Waals surface area contributed by atoms with E-state index < -0.39 is 0 Å². The molecule has 6 heteroatoms. The lowest BCUT2D eigenvalue weighted by molar-refractivity contribution is 0.0933. The molecule has 1 saturated carbocycles. The van der Waals surface area contributed by atoms with Crippen LogP contribution in [0.4, 0.5) is 0 Å². The molecule has 1 heterocycles. The van der Waals surface area contributed by atoms with Gasteiger partial charge in [-0.2, -0.15) is 5.10 Å². The Balaban J connectivity index is 0.00000176. The van der Waals surface area contributed by atoms with Gasteiger partial charge in [0, 0.05) is 24.3 Å². The Labute approximate surface area is 136 Å². The molecule has 1 aliphatic carbocycles. The fraction of sp³-hybridized carbons (Fsp3) is 0.375. The standard InChI is InChI=1S/C16H20N4O.ClH/c1-11-9-18-20(10-11)14-6-4-13(5-7-14)16(21)19-15(8-17)12-2-3-12;/h4-7,9-10,12,15H,2-3,8,17H2,1H3,(H,19,21);1H. The maximum Gasteiger partial charge on any atom is 0.251 e. The lowest BCUT2D eigenvalue weighted by atomic mass is 10.1. The summed E-state index contributed by atoms with van der Waals surface area (Å²) < 4.78 is 1.80. The lowest BCUT2D eigenvalue weighted by Gasteiger charge is -2.16. The molecule has 1 fully saturated rings. The number of aromatic nitrogens is 2. The zero-order chi connectivity index (χ0) is 14.8. The molecule has 1 aromatic heterocycles. The molecule has 0 spiro atoms. The van der Waals surface area contributed by atoms with Crippen LogP contribution in [0.25, 0.3) is 5.69 Å². The molecular formula is C16H21ClN4O. The number of hydrogen-bond donors (Lipinski definition) is 2. The quantitative estimate of drug-likeness (QED) is 0.885. The summed E-state index contributed by atoms with van der Waals surface area (Å²) in [6.45, 7) is 2.50. The van der Waals surface area contributed by atoms with Crippen molar-refractivity contribution in [1.82, 2.24) is 15.1 Å². The number of nitrogens with one attached hydrogen (secondary N) is 1. The van der Waals surface area contributed by atoms with Crippen molar-refractivity contribution in [3.63, 3.8) is 0 Å². The summed E-state index contributed by atoms with van der Waals surface area (Å²) >= 11 is 0. The van der Waals surface area contributed by atoms with E-state index in [1.54, 1.807) is 4.68 Å². The first kappa shape index (κ1) is 16.5. The Kier molecular flexibility index (Phi) is 5.21. The van der Waals surface area contributed by atoms with Gasteiger partial charge >= 0.3 is 0 Å². The molecular weight excluding hydrogens is 300 g/mol. The Hall–Kier alpha value is -1.85. The van der Waals surface area contributed by atoms with Gasteiger partial charge in [0.25, 0.3) is 5.91 Å². The van der Waals surface area contributed by atoms with E-state index in [0.29, 0.717) is 18.0 Å². The third-order valence-electron chi connectivity index (χ3n) is 3.87. The number of benzene rings is 1. The molecule has 2 aromatic rings. The van der Waals surface area contributed by atoms with Gasteiger partial charge in [-0.15, -0.1) is 12.4 Å². The molecule has 118 valence electrons. The summed E-state index contributed by atoms with van der Waals surface area (Å²) in [7, 11) is 0. The molecule has 3 N–H and O–H groups in total. The van der Waals surface area contributed by atoms with Crippen molar-refractivity contribution in [2.24, 2.45) is 11.7 Å². The number of carbonyl (C=O) groups excluding carboxylic acids is 1. The van der Waals surface area contributed by atoms with Gasteiger partial charge in [0.05, 0.1) is 11.9 Å². The van der Waals surface area contributed by atoms with Crippen LogP contribution >= 0.6 is 12.4 Å². The maximum absolute atomic E-state index is 12.2. The second kappa shape index (κ2) is 6.94. The molecule has 3 rings (SSSR count). The lowest BCUT2D eigenvalue weighted by Crippen LogP contribution is -2.41. The van der Waals surface area contributed by atoms with E-state index in [0.717, 1.165) is 11.3 Å². The maximum atomic E-state index is 12.2. The van der Waals surface area contributed by atoms with Crippen molar-refractivity contribution in [2.75, 3.05) is 6.54 Å². The second-order valence-electron chi connectivity index (χ2n) is 5.66. The summed E-state index contributed by atoms with van der Waals surface area (Å²) in [6.07, 6.45) is 6.09. The number of nitrogens with zero attached hydrogens (tertiary/aromatic N) is 2. The minimum Gasteiger partial charge on any atom is -0.348 e. The Bertz CT molecular complexity index is 634. The SMILES string of the molecule is Cc1cnn(-c2ccc(C(=O)NC(CN)C3CC3)cc2)c1.Cl. The first-order chi connectivity index (χ1) is 10.2. The van der Waals surface area contributed by atoms with E-state index in [-0.39, 0.29) is 24.4 Å². The molecule has 1 unspecified atom stereocenters. The van der Waals surface area contributed by atoms with Gasteiger partial charge in [-0.3, -0.25) is 4.79 Å². The zero-order valence-electron chi connectivity index (χ0n) is 12.5. The topological polar surface area (TPSA) is 72.9 Å². The molecule has 22 heavy (non-hydrogen) atoms. The van der Waals surface area contributed by atoms with Gasteiger partial charge in [-0.05, 0) is 55.5 Å². The number of nitrogens with two attached hydrogens (primary N) is 1. The van der Waals surface area contributed by atoms with Crippen LogP contribution in [-0.4, -0.2) is 28.3 Å². The minimum atomic E-state index is -0.0551. The largest absolute Gasteiger partial charge is 0.348 e. The molecule has 0 bridgehead atoms. The van der Waals surface area contributed by atoms with E-state index in [1.807, 2.05) is 43.6 Å². The van der Waals surface area contributed by atoms with E-state index in [1.165, 1.54) is 12.8 Å². The number of aryl methyl sites for hydroxylation is 1. The first-order valence-electron chi connectivity index (χ1n) is 7.30. The van der Waals surface area contributed by atoms with Crippen LogP contribution in [0.3, 0.4) is 0 Å². The highest BCUT2D eigenvalue weighted by molar-refractivity contribution is 5.94. The first-order valence-corrected chi connectivity index (χ1v) is 7.30. The van der Waals surface area contributed by atoms with Crippen molar-refractivity contribution in [2.45, 2.75) is 25.8 Å². The fourth-order valence-corrected chi connectivity index (χ4v) is 2.44. The third kappa shape index (κ3) is 3.67. The highest BCUT2D eigenvalue weighted by Gasteiger charge is 2.31. The van der Waals surface area contributed by atoms with E-state index in [2.05, 4.69) is 10.4 Å². The molecule has 1 atom stereocenters.